The zero-order valence-electron chi connectivity index (χ0n) is 25.2. The Morgan fingerprint density at radius 3 is 2.26 bits per heavy atom. The Hall–Kier alpha value is -3.83. The summed E-state index contributed by atoms with van der Waals surface area (Å²) < 4.78 is 15.6. The van der Waals surface area contributed by atoms with Gasteiger partial charge in [0.15, 0.2) is 0 Å². The van der Waals surface area contributed by atoms with Crippen LogP contribution in [0.4, 0.5) is 9.59 Å². The van der Waals surface area contributed by atoms with Crippen LogP contribution in [0.5, 0.6) is 0 Å². The molecule has 0 bridgehead atoms. The van der Waals surface area contributed by atoms with Gasteiger partial charge in [0.05, 0.1) is 6.61 Å². The maximum atomic E-state index is 12.3. The molecule has 0 radical (unpaired) electrons. The summed E-state index contributed by atoms with van der Waals surface area (Å²) in [6, 6.07) is 7.95. The molecule has 0 spiro atoms. The number of amides is 4. The molecule has 3 N–H and O–H groups in total. The van der Waals surface area contributed by atoms with Crippen molar-refractivity contribution in [1.82, 2.24) is 20.9 Å². The second-order valence-corrected chi connectivity index (χ2v) is 11.2. The Kier molecular flexibility index (Phi) is 14.6. The molecule has 12 heteroatoms. The van der Waals surface area contributed by atoms with E-state index in [2.05, 4.69) is 16.0 Å². The number of nitrogens with zero attached hydrogens (tertiary/aromatic N) is 1. The summed E-state index contributed by atoms with van der Waals surface area (Å²) in [5.74, 6) is -0.765. The molecule has 1 aliphatic heterocycles. The lowest BCUT2D eigenvalue weighted by Gasteiger charge is -2.33. The average molecular weight is 591 g/mol. The highest BCUT2D eigenvalue weighted by atomic mass is 16.6. The van der Waals surface area contributed by atoms with E-state index in [4.69, 9.17) is 14.2 Å². The van der Waals surface area contributed by atoms with Crippen LogP contribution in [0.15, 0.2) is 30.3 Å². The summed E-state index contributed by atoms with van der Waals surface area (Å²) in [6.45, 7) is 8.61. The van der Waals surface area contributed by atoms with E-state index in [0.29, 0.717) is 25.4 Å². The van der Waals surface area contributed by atoms with Gasteiger partial charge in [0.25, 0.3) is 0 Å². The van der Waals surface area contributed by atoms with E-state index >= 15 is 0 Å². The third-order valence-corrected chi connectivity index (χ3v) is 6.54. The fraction of sp³-hybridized carbons (Fsp3) is 0.633. The van der Waals surface area contributed by atoms with Crippen LogP contribution < -0.4 is 16.0 Å². The van der Waals surface area contributed by atoms with Gasteiger partial charge in [-0.2, -0.15) is 0 Å². The molecule has 1 saturated heterocycles. The summed E-state index contributed by atoms with van der Waals surface area (Å²) in [6.07, 6.45) is 2.66. The maximum Gasteiger partial charge on any atom is 0.410 e. The number of piperidine rings is 1. The van der Waals surface area contributed by atoms with Crippen LogP contribution in [0.2, 0.25) is 0 Å². The van der Waals surface area contributed by atoms with Gasteiger partial charge in [-0.3, -0.25) is 9.59 Å². The zero-order chi connectivity index (χ0) is 31.0. The Morgan fingerprint density at radius 2 is 1.62 bits per heavy atom. The fourth-order valence-corrected chi connectivity index (χ4v) is 4.33. The van der Waals surface area contributed by atoms with Crippen molar-refractivity contribution in [3.05, 3.63) is 35.9 Å². The topological polar surface area (TPSA) is 152 Å². The quantitative estimate of drug-likeness (QED) is 0.221. The third-order valence-electron chi connectivity index (χ3n) is 6.54. The molecule has 0 saturated carbocycles. The predicted molar refractivity (Wildman–Crippen MR) is 155 cm³/mol. The van der Waals surface area contributed by atoms with Crippen LogP contribution in [-0.4, -0.2) is 79.3 Å². The lowest BCUT2D eigenvalue weighted by atomic mass is 9.91. The first kappa shape index (κ1) is 34.4. The number of esters is 1. The lowest BCUT2D eigenvalue weighted by Crippen LogP contribution is -2.49. The van der Waals surface area contributed by atoms with Crippen molar-refractivity contribution >= 4 is 30.0 Å². The van der Waals surface area contributed by atoms with Crippen molar-refractivity contribution in [1.29, 1.82) is 0 Å². The van der Waals surface area contributed by atoms with Gasteiger partial charge in [0, 0.05) is 39.0 Å². The fourth-order valence-electron chi connectivity index (χ4n) is 4.33. The van der Waals surface area contributed by atoms with Gasteiger partial charge in [-0.1, -0.05) is 30.3 Å². The van der Waals surface area contributed by atoms with Gasteiger partial charge < -0.3 is 35.1 Å². The van der Waals surface area contributed by atoms with E-state index in [-0.39, 0.29) is 50.6 Å². The second-order valence-electron chi connectivity index (χ2n) is 11.2. The summed E-state index contributed by atoms with van der Waals surface area (Å²) in [5.41, 5.74) is 0.277. The number of rotatable bonds is 14. The van der Waals surface area contributed by atoms with Crippen molar-refractivity contribution in [2.75, 3.05) is 32.8 Å². The zero-order valence-corrected chi connectivity index (χ0v) is 25.2. The summed E-state index contributed by atoms with van der Waals surface area (Å²) in [4.78, 5) is 62.9. The minimum Gasteiger partial charge on any atom is -0.464 e. The highest BCUT2D eigenvalue weighted by Gasteiger charge is 2.27. The van der Waals surface area contributed by atoms with Crippen LogP contribution >= 0.6 is 0 Å². The highest BCUT2D eigenvalue weighted by molar-refractivity contribution is 5.83. The first-order chi connectivity index (χ1) is 20.0. The number of likely N-dealkylation sites (tertiary alicyclic amines) is 1. The van der Waals surface area contributed by atoms with Crippen molar-refractivity contribution < 1.29 is 38.2 Å². The van der Waals surface area contributed by atoms with Gasteiger partial charge in [0.2, 0.25) is 11.8 Å². The van der Waals surface area contributed by atoms with E-state index in [9.17, 15) is 24.0 Å². The van der Waals surface area contributed by atoms with Gasteiger partial charge in [-0.15, -0.1) is 0 Å². The van der Waals surface area contributed by atoms with E-state index in [1.165, 1.54) is 0 Å². The minimum absolute atomic E-state index is 0.0167. The lowest BCUT2D eigenvalue weighted by molar-refractivity contribution is -0.145. The first-order valence-corrected chi connectivity index (χ1v) is 14.6. The van der Waals surface area contributed by atoms with Crippen molar-refractivity contribution in [2.24, 2.45) is 5.92 Å². The number of hydrogen-bond donors (Lipinski definition) is 3. The highest BCUT2D eigenvalue weighted by Crippen LogP contribution is 2.24. The predicted octanol–water partition coefficient (Wildman–Crippen LogP) is 3.28. The molecule has 2 rings (SSSR count). The van der Waals surface area contributed by atoms with Gasteiger partial charge in [0.1, 0.15) is 18.2 Å². The van der Waals surface area contributed by atoms with E-state index < -0.39 is 23.7 Å². The normalized spacial score (nSPS) is 14.3. The molecule has 1 fully saturated rings. The molecular formula is C30H46N4O8. The number of carbonyl (C=O) groups is 5. The molecule has 0 aromatic heterocycles. The smallest absolute Gasteiger partial charge is 0.410 e. The number of ether oxygens (including phenoxy) is 3. The van der Waals surface area contributed by atoms with Crippen LogP contribution in [-0.2, 0) is 35.2 Å². The summed E-state index contributed by atoms with van der Waals surface area (Å²) in [5, 5.41) is 7.75. The van der Waals surface area contributed by atoms with Crippen LogP contribution in [0.25, 0.3) is 0 Å². The number of nitrogens with one attached hydrogen (secondary N) is 3. The minimum atomic E-state index is -1.12. The number of carbonyl (C=O) groups excluding carboxylic acids is 5. The third kappa shape index (κ3) is 14.2. The van der Waals surface area contributed by atoms with Crippen molar-refractivity contribution in [2.45, 2.75) is 84.5 Å². The van der Waals surface area contributed by atoms with Gasteiger partial charge >= 0.3 is 18.2 Å². The monoisotopic (exact) mass is 590 g/mol. The first-order valence-electron chi connectivity index (χ1n) is 14.6. The molecule has 12 nitrogen and oxygen atoms in total. The van der Waals surface area contributed by atoms with Crippen molar-refractivity contribution in [3.8, 4) is 0 Å². The molecular weight excluding hydrogens is 544 g/mol. The SMILES string of the molecule is CCOC(=O)[C@H](CNC(=O)CCNC(=O)CCCC1CCN(C(=O)OC(C)(C)C)CC1)NC(=O)OCc1ccccc1. The van der Waals surface area contributed by atoms with E-state index in [0.717, 1.165) is 31.2 Å². The molecule has 1 atom stereocenters. The van der Waals surface area contributed by atoms with E-state index in [1.54, 1.807) is 24.0 Å². The molecule has 4 amide bonds. The Labute approximate surface area is 248 Å². The van der Waals surface area contributed by atoms with Gasteiger partial charge in [-0.05, 0) is 64.9 Å². The standard InChI is InChI=1S/C30H46N4O8/c1-5-40-27(37)24(33-28(38)41-21-23-10-7-6-8-11-23)20-32-26(36)14-17-31-25(35)13-9-12-22-15-18-34(19-16-22)29(39)42-30(2,3)4/h6-8,10-11,22,24H,5,9,12-21H2,1-4H3,(H,31,35)(H,32,36)(H,33,38)/t24-/m0/s1. The molecule has 1 aromatic rings. The van der Waals surface area contributed by atoms with Crippen LogP contribution in [0.1, 0.15) is 71.8 Å². The van der Waals surface area contributed by atoms with E-state index in [1.807, 2.05) is 39.0 Å². The average Bonchev–Trinajstić information content (AvgIpc) is 2.94. The van der Waals surface area contributed by atoms with Crippen molar-refractivity contribution in [3.63, 3.8) is 0 Å². The molecule has 1 aliphatic rings. The molecule has 0 unspecified atom stereocenters. The van der Waals surface area contributed by atoms with Gasteiger partial charge in [-0.25, -0.2) is 14.4 Å². The number of hydrogen-bond acceptors (Lipinski definition) is 8. The molecule has 234 valence electrons. The number of benzene rings is 1. The Morgan fingerprint density at radius 1 is 0.952 bits per heavy atom. The molecule has 1 aromatic carbocycles. The van der Waals surface area contributed by atoms with Crippen LogP contribution in [0.3, 0.4) is 0 Å². The largest absolute Gasteiger partial charge is 0.464 e. The summed E-state index contributed by atoms with van der Waals surface area (Å²) >= 11 is 0. The van der Waals surface area contributed by atoms with Crippen LogP contribution in [0, 0.1) is 5.92 Å². The Balaban J connectivity index is 1.61. The maximum absolute atomic E-state index is 12.3. The molecule has 0 aliphatic carbocycles. The number of alkyl carbamates (subject to hydrolysis) is 1. The second kappa shape index (κ2) is 17.9. The molecule has 1 heterocycles. The molecule has 42 heavy (non-hydrogen) atoms. The summed E-state index contributed by atoms with van der Waals surface area (Å²) in [7, 11) is 0. The Bertz CT molecular complexity index is 1020.